The van der Waals surface area contributed by atoms with Crippen LogP contribution >= 0.6 is 11.3 Å². The van der Waals surface area contributed by atoms with Gasteiger partial charge in [-0.05, 0) is 89.9 Å². The third-order valence-corrected chi connectivity index (χ3v) is 8.98. The lowest BCUT2D eigenvalue weighted by Gasteiger charge is -2.36. The van der Waals surface area contributed by atoms with Crippen molar-refractivity contribution in [1.29, 1.82) is 0 Å². The molecule has 0 spiro atoms. The molecule has 1 aliphatic carbocycles. The van der Waals surface area contributed by atoms with Crippen LogP contribution in [0.4, 0.5) is 5.69 Å². The van der Waals surface area contributed by atoms with Crippen LogP contribution in [0, 0.1) is 25.2 Å². The zero-order valence-electron chi connectivity index (χ0n) is 25.2. The molecule has 43 heavy (non-hydrogen) atoms. The molecule has 0 saturated carbocycles. The van der Waals surface area contributed by atoms with Crippen molar-refractivity contribution in [1.82, 2.24) is 10.3 Å². The molecule has 2 N–H and O–H groups in total. The summed E-state index contributed by atoms with van der Waals surface area (Å²) in [6, 6.07) is 17.3. The number of benzene rings is 2. The number of pyridine rings is 1. The maximum Gasteiger partial charge on any atom is 0.339 e. The van der Waals surface area contributed by atoms with Crippen LogP contribution in [-0.2, 0) is 20.7 Å². The number of aryl methyl sites for hydroxylation is 1. The molecule has 7 nitrogen and oxygen atoms in total. The van der Waals surface area contributed by atoms with Crippen molar-refractivity contribution in [3.63, 3.8) is 0 Å². The number of fused-ring (bicyclic) bond motifs is 2. The highest BCUT2D eigenvalue weighted by molar-refractivity contribution is 7.10. The van der Waals surface area contributed by atoms with Gasteiger partial charge in [0, 0.05) is 16.0 Å². The third-order valence-electron chi connectivity index (χ3n) is 8.16. The first kappa shape index (κ1) is 30.2. The molecular weight excluding hydrogens is 558 g/mol. The van der Waals surface area contributed by atoms with Gasteiger partial charge < -0.3 is 15.4 Å². The Kier molecular flexibility index (Phi) is 8.78. The molecule has 1 aliphatic rings. The number of anilines is 1. The number of amides is 2. The number of nitrogens with zero attached hydrogens (tertiary/aromatic N) is 1. The van der Waals surface area contributed by atoms with Gasteiger partial charge in [-0.15, -0.1) is 11.3 Å². The van der Waals surface area contributed by atoms with E-state index < -0.39 is 18.5 Å². The van der Waals surface area contributed by atoms with E-state index in [9.17, 15) is 14.4 Å². The van der Waals surface area contributed by atoms with Crippen molar-refractivity contribution in [3.05, 3.63) is 92.8 Å². The van der Waals surface area contributed by atoms with Gasteiger partial charge in [0.2, 0.25) is 5.91 Å². The molecule has 0 fully saturated rings. The van der Waals surface area contributed by atoms with Gasteiger partial charge >= 0.3 is 5.97 Å². The number of aromatic nitrogens is 1. The molecule has 4 aromatic rings. The normalized spacial score (nSPS) is 15.7. The largest absolute Gasteiger partial charge is 0.452 e. The zero-order chi connectivity index (χ0) is 30.7. The smallest absolute Gasteiger partial charge is 0.339 e. The Balaban J connectivity index is 1.37. The van der Waals surface area contributed by atoms with Crippen LogP contribution in [0.1, 0.15) is 64.8 Å². The van der Waals surface area contributed by atoms with E-state index in [1.807, 2.05) is 67.8 Å². The number of allylic oxidation sites excluding steroid dienone is 1. The van der Waals surface area contributed by atoms with Gasteiger partial charge in [-0.2, -0.15) is 0 Å². The summed E-state index contributed by atoms with van der Waals surface area (Å²) in [4.78, 5) is 45.0. The van der Waals surface area contributed by atoms with Crippen molar-refractivity contribution < 1.29 is 19.1 Å². The van der Waals surface area contributed by atoms with Crippen LogP contribution < -0.4 is 10.6 Å². The lowest BCUT2D eigenvalue weighted by atomic mass is 9.69. The average molecular weight is 596 g/mol. The van der Waals surface area contributed by atoms with Gasteiger partial charge in [-0.25, -0.2) is 9.78 Å². The molecule has 2 aromatic carbocycles. The Morgan fingerprint density at radius 3 is 2.53 bits per heavy atom. The highest BCUT2D eigenvalue weighted by atomic mass is 32.1. The first-order chi connectivity index (χ1) is 20.5. The molecule has 2 amide bonds. The lowest BCUT2D eigenvalue weighted by molar-refractivity contribution is -0.126. The summed E-state index contributed by atoms with van der Waals surface area (Å²) < 4.78 is 5.58. The predicted octanol–water partition coefficient (Wildman–Crippen LogP) is 6.97. The quantitative estimate of drug-likeness (QED) is 0.225. The van der Waals surface area contributed by atoms with Gasteiger partial charge in [-0.1, -0.05) is 57.2 Å². The Bertz CT molecular complexity index is 1720. The van der Waals surface area contributed by atoms with E-state index in [0.29, 0.717) is 28.6 Å². The summed E-state index contributed by atoms with van der Waals surface area (Å²) in [5.41, 5.74) is 6.62. The number of hydrogen-bond donors (Lipinski definition) is 2. The van der Waals surface area contributed by atoms with Crippen molar-refractivity contribution in [2.45, 2.75) is 47.5 Å². The highest BCUT2D eigenvalue weighted by Gasteiger charge is 2.35. The summed E-state index contributed by atoms with van der Waals surface area (Å²) in [6.07, 6.45) is 3.70. The summed E-state index contributed by atoms with van der Waals surface area (Å²) in [5, 5.41) is 8.11. The molecule has 1 atom stereocenters. The molecule has 0 unspecified atom stereocenters. The number of carbonyl (C=O) groups excluding carboxylic acids is 3. The molecule has 2 aromatic heterocycles. The van der Waals surface area contributed by atoms with E-state index in [-0.39, 0.29) is 23.8 Å². The zero-order valence-corrected chi connectivity index (χ0v) is 26.1. The second-order valence-electron chi connectivity index (χ2n) is 12.1. The first-order valence-electron chi connectivity index (χ1n) is 14.5. The maximum atomic E-state index is 13.7. The minimum Gasteiger partial charge on any atom is -0.452 e. The topological polar surface area (TPSA) is 97.4 Å². The van der Waals surface area contributed by atoms with Crippen LogP contribution in [-0.4, -0.2) is 35.9 Å². The number of thiophene rings is 1. The number of esters is 1. The number of hydrogen-bond acceptors (Lipinski definition) is 6. The molecular formula is C35H37N3O4S. The van der Waals surface area contributed by atoms with Gasteiger partial charge in [0.15, 0.2) is 6.61 Å². The minimum absolute atomic E-state index is 0.00348. The molecule has 0 radical (unpaired) electrons. The van der Waals surface area contributed by atoms with Gasteiger partial charge in [0.1, 0.15) is 0 Å². The second-order valence-corrected chi connectivity index (χ2v) is 13.1. The maximum absolute atomic E-state index is 13.7. The minimum atomic E-state index is -0.574. The number of ether oxygens (including phenoxy) is 1. The Morgan fingerprint density at radius 2 is 1.79 bits per heavy atom. The van der Waals surface area contributed by atoms with E-state index >= 15 is 0 Å². The first-order valence-corrected chi connectivity index (χ1v) is 15.3. The van der Waals surface area contributed by atoms with E-state index in [4.69, 9.17) is 9.72 Å². The lowest BCUT2D eigenvalue weighted by Crippen LogP contribution is -2.36. The predicted molar refractivity (Wildman–Crippen MR) is 173 cm³/mol. The second kappa shape index (κ2) is 12.5. The molecule has 222 valence electrons. The SMILES string of the molecule is Cc1cccc(NC(=O)CNC(=O)COC(=O)c2c3c(nc4ccccc24)/C(=C\c2cccs2)C[C@@H](C(C)(C)C)C3)c1C. The van der Waals surface area contributed by atoms with Crippen LogP contribution in [0.3, 0.4) is 0 Å². The fraction of sp³-hybridized carbons (Fsp3) is 0.314. The summed E-state index contributed by atoms with van der Waals surface area (Å²) in [6.45, 7) is 9.82. The van der Waals surface area contributed by atoms with Crippen molar-refractivity contribution >= 4 is 57.4 Å². The molecule has 0 aliphatic heterocycles. The summed E-state index contributed by atoms with van der Waals surface area (Å²) in [7, 11) is 0. The molecule has 0 saturated heterocycles. The van der Waals surface area contributed by atoms with E-state index in [1.54, 1.807) is 11.3 Å². The summed E-state index contributed by atoms with van der Waals surface area (Å²) >= 11 is 1.66. The van der Waals surface area contributed by atoms with Gasteiger partial charge in [0.25, 0.3) is 5.91 Å². The van der Waals surface area contributed by atoms with Gasteiger partial charge in [-0.3, -0.25) is 9.59 Å². The third kappa shape index (κ3) is 6.86. The molecule has 8 heteroatoms. The number of rotatable bonds is 7. The van der Waals surface area contributed by atoms with Crippen LogP contribution in [0.2, 0.25) is 0 Å². The summed E-state index contributed by atoms with van der Waals surface area (Å²) in [5.74, 6) is -1.21. The Labute approximate surface area is 256 Å². The average Bonchev–Trinajstić information content (AvgIpc) is 3.48. The number of nitrogens with one attached hydrogen (secondary N) is 2. The van der Waals surface area contributed by atoms with Crippen LogP contribution in [0.15, 0.2) is 60.0 Å². The van der Waals surface area contributed by atoms with Crippen molar-refractivity contribution in [2.75, 3.05) is 18.5 Å². The van der Waals surface area contributed by atoms with Crippen LogP contribution in [0.5, 0.6) is 0 Å². The number of para-hydroxylation sites is 1. The fourth-order valence-electron chi connectivity index (χ4n) is 5.43. The van der Waals surface area contributed by atoms with Crippen LogP contribution in [0.25, 0.3) is 22.6 Å². The standard InChI is InChI=1S/C35H37N3O4S/c1-21-10-8-14-28(22(21)2)37-30(39)19-36-31(40)20-42-34(41)32-26-12-6-7-13-29(26)38-33-23(17-25-11-9-15-43-25)16-24(18-27(32)33)35(3,4)5/h6-15,17,24H,16,18-20H2,1-5H3,(H,36,40)(H,37,39)/b23-17-/t24-/m1/s1. The Hall–Kier alpha value is -4.30. The monoisotopic (exact) mass is 595 g/mol. The molecule has 2 heterocycles. The van der Waals surface area contributed by atoms with Crippen molar-refractivity contribution in [2.24, 2.45) is 11.3 Å². The van der Waals surface area contributed by atoms with E-state index in [1.165, 1.54) is 0 Å². The van der Waals surface area contributed by atoms with E-state index in [0.717, 1.165) is 39.3 Å². The highest BCUT2D eigenvalue weighted by Crippen LogP contribution is 2.45. The number of carbonyl (C=O) groups is 3. The van der Waals surface area contributed by atoms with Gasteiger partial charge in [0.05, 0.1) is 23.3 Å². The fourth-order valence-corrected chi connectivity index (χ4v) is 6.11. The Morgan fingerprint density at radius 1 is 1.00 bits per heavy atom. The molecule has 0 bridgehead atoms. The molecule has 5 rings (SSSR count). The van der Waals surface area contributed by atoms with Crippen molar-refractivity contribution in [3.8, 4) is 0 Å². The van der Waals surface area contributed by atoms with E-state index in [2.05, 4.69) is 43.5 Å².